The van der Waals surface area contributed by atoms with Gasteiger partial charge in [0.1, 0.15) is 11.5 Å². The van der Waals surface area contributed by atoms with E-state index in [9.17, 15) is 0 Å². The van der Waals surface area contributed by atoms with E-state index in [4.69, 9.17) is 9.47 Å². The van der Waals surface area contributed by atoms with Crippen LogP contribution in [-0.2, 0) is 6.42 Å². The van der Waals surface area contributed by atoms with Crippen molar-refractivity contribution < 1.29 is 9.47 Å². The van der Waals surface area contributed by atoms with Crippen molar-refractivity contribution in [2.24, 2.45) is 0 Å². The zero-order chi connectivity index (χ0) is 15.5. The minimum atomic E-state index is 0.567. The van der Waals surface area contributed by atoms with Gasteiger partial charge in [0.2, 0.25) is 0 Å². The maximum absolute atomic E-state index is 4.98. The number of nitrogens with one attached hydrogen (secondary N) is 1. The summed E-state index contributed by atoms with van der Waals surface area (Å²) < 4.78 is 9.95. The Morgan fingerprint density at radius 2 is 1.48 bits per heavy atom. The Bertz CT molecular complexity index is 480. The Kier molecular flexibility index (Phi) is 7.99. The lowest BCUT2D eigenvalue weighted by molar-refractivity contribution is 0.394. The molecule has 3 nitrogen and oxygen atoms in total. The molecule has 0 amide bonds. The molecule has 1 atom stereocenters. The molecule has 0 aromatic heterocycles. The van der Waals surface area contributed by atoms with Crippen LogP contribution in [0.25, 0.3) is 0 Å². The van der Waals surface area contributed by atoms with Crippen molar-refractivity contribution in [1.82, 2.24) is 5.32 Å². The van der Waals surface area contributed by atoms with Crippen LogP contribution in [-0.4, -0.2) is 27.3 Å². The summed E-state index contributed by atoms with van der Waals surface area (Å²) in [6, 6.07) is 18.6. The van der Waals surface area contributed by atoms with Gasteiger partial charge in [-0.05, 0) is 38.1 Å². The highest BCUT2D eigenvalue weighted by molar-refractivity contribution is 5.32. The molecule has 0 heterocycles. The van der Waals surface area contributed by atoms with Gasteiger partial charge in [-0.15, -0.1) is 0 Å². The zero-order valence-electron chi connectivity index (χ0n) is 13.3. The second-order valence-corrected chi connectivity index (χ2v) is 4.76. The Morgan fingerprint density at radius 1 is 0.905 bits per heavy atom. The molecular formula is C18H25NO2. The van der Waals surface area contributed by atoms with Gasteiger partial charge in [-0.2, -0.15) is 0 Å². The van der Waals surface area contributed by atoms with E-state index in [2.05, 4.69) is 36.5 Å². The van der Waals surface area contributed by atoms with Crippen molar-refractivity contribution in [2.75, 3.05) is 21.3 Å². The molecule has 1 N–H and O–H groups in total. The molecule has 0 spiro atoms. The molecule has 0 fully saturated rings. The molecule has 1 unspecified atom stereocenters. The summed E-state index contributed by atoms with van der Waals surface area (Å²) in [4.78, 5) is 0. The largest absolute Gasteiger partial charge is 0.497 e. The molecule has 114 valence electrons. The summed E-state index contributed by atoms with van der Waals surface area (Å²) >= 11 is 0. The Morgan fingerprint density at radius 3 is 1.95 bits per heavy atom. The third kappa shape index (κ3) is 6.82. The van der Waals surface area contributed by atoms with Crippen LogP contribution in [0.5, 0.6) is 11.5 Å². The van der Waals surface area contributed by atoms with Gasteiger partial charge in [0.15, 0.2) is 0 Å². The fraction of sp³-hybridized carbons (Fsp3) is 0.333. The molecule has 2 rings (SSSR count). The first-order chi connectivity index (χ1) is 10.2. The molecule has 0 aliphatic carbocycles. The fourth-order valence-corrected chi connectivity index (χ4v) is 1.80. The monoisotopic (exact) mass is 287 g/mol. The predicted octanol–water partition coefficient (Wildman–Crippen LogP) is 3.54. The van der Waals surface area contributed by atoms with Gasteiger partial charge in [0.25, 0.3) is 0 Å². The molecule has 0 radical (unpaired) electrons. The number of ether oxygens (including phenoxy) is 2. The van der Waals surface area contributed by atoms with Crippen LogP contribution in [0.15, 0.2) is 54.6 Å². The normalized spacial score (nSPS) is 11.0. The van der Waals surface area contributed by atoms with E-state index in [-0.39, 0.29) is 0 Å². The van der Waals surface area contributed by atoms with E-state index in [1.54, 1.807) is 14.2 Å². The van der Waals surface area contributed by atoms with Crippen molar-refractivity contribution in [3.63, 3.8) is 0 Å². The van der Waals surface area contributed by atoms with Crippen LogP contribution in [0.2, 0.25) is 0 Å². The lowest BCUT2D eigenvalue weighted by Crippen LogP contribution is -2.23. The first-order valence-electron chi connectivity index (χ1n) is 7.08. The average molecular weight is 287 g/mol. The summed E-state index contributed by atoms with van der Waals surface area (Å²) in [6.07, 6.45) is 1.11. The molecule has 2 aromatic carbocycles. The van der Waals surface area contributed by atoms with Gasteiger partial charge in [-0.3, -0.25) is 0 Å². The summed E-state index contributed by atoms with van der Waals surface area (Å²) in [7, 11) is 5.26. The number of rotatable bonds is 5. The highest BCUT2D eigenvalue weighted by Crippen LogP contribution is 2.17. The number of methoxy groups -OCH3 is 2. The van der Waals surface area contributed by atoms with Crippen molar-refractivity contribution >= 4 is 0 Å². The van der Waals surface area contributed by atoms with Crippen molar-refractivity contribution in [3.8, 4) is 11.5 Å². The van der Waals surface area contributed by atoms with Gasteiger partial charge >= 0.3 is 0 Å². The average Bonchev–Trinajstić information content (AvgIpc) is 2.56. The number of likely N-dealkylation sites (N-methyl/N-ethyl adjacent to an activating group) is 1. The first kappa shape index (κ1) is 17.1. The van der Waals surface area contributed by atoms with Gasteiger partial charge in [-0.1, -0.05) is 36.4 Å². The van der Waals surface area contributed by atoms with Gasteiger partial charge < -0.3 is 14.8 Å². The SMILES string of the molecule is CNC(C)Cc1ccccc1.COc1cccc(OC)c1. The molecule has 0 bridgehead atoms. The van der Waals surface area contributed by atoms with Crippen LogP contribution in [0.4, 0.5) is 0 Å². The molecule has 0 saturated carbocycles. The Hall–Kier alpha value is -2.00. The maximum atomic E-state index is 4.98. The van der Waals surface area contributed by atoms with E-state index in [0.29, 0.717) is 6.04 Å². The Balaban J connectivity index is 0.000000211. The topological polar surface area (TPSA) is 30.5 Å². The molecular weight excluding hydrogens is 262 g/mol. The van der Waals surface area contributed by atoms with Crippen LogP contribution in [0.1, 0.15) is 12.5 Å². The van der Waals surface area contributed by atoms with Crippen molar-refractivity contribution in [2.45, 2.75) is 19.4 Å². The minimum Gasteiger partial charge on any atom is -0.497 e. The quantitative estimate of drug-likeness (QED) is 0.912. The van der Waals surface area contributed by atoms with Crippen LogP contribution < -0.4 is 14.8 Å². The molecule has 0 aliphatic rings. The number of hydrogen-bond acceptors (Lipinski definition) is 3. The second-order valence-electron chi connectivity index (χ2n) is 4.76. The van der Waals surface area contributed by atoms with Crippen LogP contribution in [0, 0.1) is 0 Å². The standard InChI is InChI=1S/C10H15N.C8H10O2/c1-9(11-2)8-10-6-4-3-5-7-10;1-9-7-4-3-5-8(6-7)10-2/h3-7,9,11H,8H2,1-2H3;3-6H,1-2H3. The molecule has 3 heteroatoms. The number of hydrogen-bond donors (Lipinski definition) is 1. The molecule has 0 saturated heterocycles. The highest BCUT2D eigenvalue weighted by atomic mass is 16.5. The fourth-order valence-electron chi connectivity index (χ4n) is 1.80. The smallest absolute Gasteiger partial charge is 0.122 e. The van der Waals surface area contributed by atoms with Gasteiger partial charge in [-0.25, -0.2) is 0 Å². The summed E-state index contributed by atoms with van der Waals surface area (Å²) in [6.45, 7) is 2.19. The maximum Gasteiger partial charge on any atom is 0.122 e. The van der Waals surface area contributed by atoms with Crippen LogP contribution >= 0.6 is 0 Å². The van der Waals surface area contributed by atoms with E-state index in [0.717, 1.165) is 17.9 Å². The summed E-state index contributed by atoms with van der Waals surface area (Å²) in [5.74, 6) is 1.64. The third-order valence-electron chi connectivity index (χ3n) is 3.15. The minimum absolute atomic E-state index is 0.567. The van der Waals surface area contributed by atoms with E-state index in [1.165, 1.54) is 5.56 Å². The summed E-state index contributed by atoms with van der Waals surface area (Å²) in [5.41, 5.74) is 1.40. The predicted molar refractivity (Wildman–Crippen MR) is 88.2 cm³/mol. The van der Waals surface area contributed by atoms with E-state index >= 15 is 0 Å². The second kappa shape index (κ2) is 9.83. The van der Waals surface area contributed by atoms with E-state index in [1.807, 2.05) is 37.4 Å². The first-order valence-corrected chi connectivity index (χ1v) is 7.08. The zero-order valence-corrected chi connectivity index (χ0v) is 13.3. The van der Waals surface area contributed by atoms with Crippen LogP contribution in [0.3, 0.4) is 0 Å². The van der Waals surface area contributed by atoms with Crippen molar-refractivity contribution in [1.29, 1.82) is 0 Å². The number of benzene rings is 2. The summed E-state index contributed by atoms with van der Waals surface area (Å²) in [5, 5.41) is 3.21. The molecule has 21 heavy (non-hydrogen) atoms. The third-order valence-corrected chi connectivity index (χ3v) is 3.15. The van der Waals surface area contributed by atoms with Crippen molar-refractivity contribution in [3.05, 3.63) is 60.2 Å². The Labute approximate surface area is 127 Å². The van der Waals surface area contributed by atoms with Gasteiger partial charge in [0.05, 0.1) is 14.2 Å². The molecule has 2 aromatic rings. The lowest BCUT2D eigenvalue weighted by Gasteiger charge is -2.08. The highest BCUT2D eigenvalue weighted by Gasteiger charge is 1.97. The molecule has 0 aliphatic heterocycles. The van der Waals surface area contributed by atoms with Gasteiger partial charge in [0, 0.05) is 12.1 Å². The van der Waals surface area contributed by atoms with E-state index < -0.39 is 0 Å². The lowest BCUT2D eigenvalue weighted by atomic mass is 10.1.